The third kappa shape index (κ3) is 1.61. The van der Waals surface area contributed by atoms with E-state index in [0.717, 1.165) is 4.90 Å². The lowest BCUT2D eigenvalue weighted by molar-refractivity contribution is -0.138. The third-order valence-electron chi connectivity index (χ3n) is 3.40. The Labute approximate surface area is 113 Å². The highest BCUT2D eigenvalue weighted by molar-refractivity contribution is 6.21. The van der Waals surface area contributed by atoms with E-state index in [1.54, 1.807) is 6.92 Å². The van der Waals surface area contributed by atoms with Crippen molar-refractivity contribution in [2.45, 2.75) is 19.4 Å². The van der Waals surface area contributed by atoms with Gasteiger partial charge in [-0.2, -0.15) is 0 Å². The standard InChI is InChI=1S/C12H10N4O4/c1-5-4-6(17)15-10(18)9(5)16-11(19)7-8(12(16)20)14-3-2-13-7/h2-3,5,9H,4H2,1H3,(H,15,17,18). The van der Waals surface area contributed by atoms with Crippen LogP contribution in [0, 0.1) is 5.92 Å². The summed E-state index contributed by atoms with van der Waals surface area (Å²) in [7, 11) is 0. The van der Waals surface area contributed by atoms with Crippen LogP contribution in [-0.4, -0.2) is 44.5 Å². The number of nitrogens with zero attached hydrogens (tertiary/aromatic N) is 3. The number of aromatic nitrogens is 2. The van der Waals surface area contributed by atoms with Crippen molar-refractivity contribution in [1.82, 2.24) is 20.2 Å². The van der Waals surface area contributed by atoms with Crippen LogP contribution in [0.25, 0.3) is 0 Å². The molecular weight excluding hydrogens is 264 g/mol. The van der Waals surface area contributed by atoms with Crippen LogP contribution >= 0.6 is 0 Å². The minimum absolute atomic E-state index is 0.0607. The Hall–Kier alpha value is -2.64. The average molecular weight is 274 g/mol. The molecule has 0 bridgehead atoms. The molecule has 1 aromatic heterocycles. The van der Waals surface area contributed by atoms with Crippen LogP contribution < -0.4 is 5.32 Å². The molecule has 1 N–H and O–H groups in total. The lowest BCUT2D eigenvalue weighted by atomic mass is 9.92. The van der Waals surface area contributed by atoms with Crippen molar-refractivity contribution in [3.05, 3.63) is 23.8 Å². The summed E-state index contributed by atoms with van der Waals surface area (Å²) < 4.78 is 0. The van der Waals surface area contributed by atoms with Gasteiger partial charge in [-0.3, -0.25) is 29.4 Å². The van der Waals surface area contributed by atoms with Crippen LogP contribution in [0.1, 0.15) is 34.3 Å². The zero-order valence-electron chi connectivity index (χ0n) is 10.5. The molecule has 0 saturated carbocycles. The summed E-state index contributed by atoms with van der Waals surface area (Å²) in [5, 5.41) is 2.14. The first-order chi connectivity index (χ1) is 9.50. The van der Waals surface area contributed by atoms with Crippen molar-refractivity contribution in [3.63, 3.8) is 0 Å². The zero-order chi connectivity index (χ0) is 14.4. The number of carbonyl (C=O) groups is 4. The average Bonchev–Trinajstić information content (AvgIpc) is 2.64. The molecule has 4 amide bonds. The normalized spacial score (nSPS) is 25.8. The molecule has 0 spiro atoms. The molecule has 8 nitrogen and oxygen atoms in total. The monoisotopic (exact) mass is 274 g/mol. The molecule has 8 heteroatoms. The first kappa shape index (κ1) is 12.4. The van der Waals surface area contributed by atoms with Crippen LogP contribution in [0.5, 0.6) is 0 Å². The van der Waals surface area contributed by atoms with Crippen molar-refractivity contribution >= 4 is 23.6 Å². The van der Waals surface area contributed by atoms with Gasteiger partial charge in [0.1, 0.15) is 6.04 Å². The second kappa shape index (κ2) is 4.19. The fourth-order valence-corrected chi connectivity index (χ4v) is 2.52. The van der Waals surface area contributed by atoms with Gasteiger partial charge in [0.05, 0.1) is 0 Å². The van der Waals surface area contributed by atoms with Gasteiger partial charge in [-0.15, -0.1) is 0 Å². The zero-order valence-corrected chi connectivity index (χ0v) is 10.5. The number of carbonyl (C=O) groups excluding carboxylic acids is 4. The van der Waals surface area contributed by atoms with Gasteiger partial charge in [0.15, 0.2) is 11.4 Å². The molecule has 0 radical (unpaired) electrons. The van der Waals surface area contributed by atoms with Crippen LogP contribution in [0.2, 0.25) is 0 Å². The quantitative estimate of drug-likeness (QED) is 0.666. The number of piperidine rings is 1. The fourth-order valence-electron chi connectivity index (χ4n) is 2.52. The van der Waals surface area contributed by atoms with Crippen molar-refractivity contribution in [2.75, 3.05) is 0 Å². The van der Waals surface area contributed by atoms with Gasteiger partial charge in [-0.1, -0.05) is 6.92 Å². The maximum atomic E-state index is 12.2. The van der Waals surface area contributed by atoms with Crippen molar-refractivity contribution in [3.8, 4) is 0 Å². The van der Waals surface area contributed by atoms with E-state index in [2.05, 4.69) is 15.3 Å². The molecule has 2 aliphatic heterocycles. The minimum Gasteiger partial charge on any atom is -0.295 e. The predicted molar refractivity (Wildman–Crippen MR) is 63.3 cm³/mol. The van der Waals surface area contributed by atoms with E-state index in [9.17, 15) is 19.2 Å². The first-order valence-corrected chi connectivity index (χ1v) is 6.03. The Morgan fingerprint density at radius 3 is 2.15 bits per heavy atom. The molecule has 3 heterocycles. The lowest BCUT2D eigenvalue weighted by Crippen LogP contribution is -2.58. The second-order valence-corrected chi connectivity index (χ2v) is 4.77. The first-order valence-electron chi connectivity index (χ1n) is 6.03. The van der Waals surface area contributed by atoms with E-state index >= 15 is 0 Å². The number of nitrogens with one attached hydrogen (secondary N) is 1. The van der Waals surface area contributed by atoms with E-state index in [4.69, 9.17) is 0 Å². The maximum absolute atomic E-state index is 12.2. The summed E-state index contributed by atoms with van der Waals surface area (Å²) >= 11 is 0. The number of imide groups is 2. The van der Waals surface area contributed by atoms with Crippen LogP contribution in [0.4, 0.5) is 0 Å². The second-order valence-electron chi connectivity index (χ2n) is 4.77. The molecule has 0 aromatic carbocycles. The van der Waals surface area contributed by atoms with Gasteiger partial charge in [0, 0.05) is 18.8 Å². The predicted octanol–water partition coefficient (Wildman–Crippen LogP) is -0.876. The largest absolute Gasteiger partial charge is 0.295 e. The molecule has 20 heavy (non-hydrogen) atoms. The Bertz CT molecular complexity index is 622. The van der Waals surface area contributed by atoms with E-state index in [0.29, 0.717) is 0 Å². The SMILES string of the molecule is CC1CC(=O)NC(=O)C1N1C(=O)c2nccnc2C1=O. The molecular formula is C12H10N4O4. The number of hydrogen-bond donors (Lipinski definition) is 1. The van der Waals surface area contributed by atoms with Gasteiger partial charge >= 0.3 is 0 Å². The third-order valence-corrected chi connectivity index (χ3v) is 3.40. The van der Waals surface area contributed by atoms with Crippen molar-refractivity contribution in [1.29, 1.82) is 0 Å². The van der Waals surface area contributed by atoms with Crippen LogP contribution in [0.15, 0.2) is 12.4 Å². The Balaban J connectivity index is 2.00. The summed E-state index contributed by atoms with van der Waals surface area (Å²) in [6, 6.07) is -1.01. The van der Waals surface area contributed by atoms with Gasteiger partial charge in [0.25, 0.3) is 11.8 Å². The van der Waals surface area contributed by atoms with E-state index in [1.807, 2.05) is 0 Å². The molecule has 2 atom stereocenters. The van der Waals surface area contributed by atoms with Gasteiger partial charge < -0.3 is 0 Å². The summed E-state index contributed by atoms with van der Waals surface area (Å²) in [5.41, 5.74) is -0.121. The smallest absolute Gasteiger partial charge is 0.282 e. The number of hydrogen-bond acceptors (Lipinski definition) is 6. The molecule has 3 rings (SSSR count). The van der Waals surface area contributed by atoms with E-state index in [-0.39, 0.29) is 17.8 Å². The van der Waals surface area contributed by atoms with Gasteiger partial charge in [0.2, 0.25) is 11.8 Å². The summed E-state index contributed by atoms with van der Waals surface area (Å²) in [6.07, 6.45) is 2.69. The number of amides is 4. The molecule has 1 fully saturated rings. The van der Waals surface area contributed by atoms with Crippen LogP contribution in [0.3, 0.4) is 0 Å². The maximum Gasteiger partial charge on any atom is 0.282 e. The van der Waals surface area contributed by atoms with Gasteiger partial charge in [-0.25, -0.2) is 9.97 Å². The highest BCUT2D eigenvalue weighted by atomic mass is 16.2. The number of fused-ring (bicyclic) bond motifs is 1. The summed E-state index contributed by atoms with van der Waals surface area (Å²) in [5.74, 6) is -2.81. The van der Waals surface area contributed by atoms with E-state index < -0.39 is 35.6 Å². The summed E-state index contributed by atoms with van der Waals surface area (Å²) in [6.45, 7) is 1.64. The topological polar surface area (TPSA) is 109 Å². The molecule has 102 valence electrons. The molecule has 2 aliphatic rings. The minimum atomic E-state index is -1.01. The molecule has 0 aliphatic carbocycles. The number of rotatable bonds is 1. The molecule has 2 unspecified atom stereocenters. The molecule has 1 saturated heterocycles. The molecule has 1 aromatic rings. The highest BCUT2D eigenvalue weighted by Crippen LogP contribution is 2.27. The van der Waals surface area contributed by atoms with Crippen molar-refractivity contribution in [2.24, 2.45) is 5.92 Å². The Kier molecular flexibility index (Phi) is 2.60. The highest BCUT2D eigenvalue weighted by Gasteiger charge is 2.48. The van der Waals surface area contributed by atoms with Crippen LogP contribution in [-0.2, 0) is 9.59 Å². The van der Waals surface area contributed by atoms with E-state index in [1.165, 1.54) is 12.4 Å². The lowest BCUT2D eigenvalue weighted by Gasteiger charge is -2.32. The van der Waals surface area contributed by atoms with Crippen molar-refractivity contribution < 1.29 is 19.2 Å². The summed E-state index contributed by atoms with van der Waals surface area (Å²) in [4.78, 5) is 56.1. The Morgan fingerprint density at radius 2 is 1.65 bits per heavy atom. The fraction of sp³-hybridized carbons (Fsp3) is 0.333. The Morgan fingerprint density at radius 1 is 1.10 bits per heavy atom. The van der Waals surface area contributed by atoms with Gasteiger partial charge in [-0.05, 0) is 5.92 Å².